The van der Waals surface area contributed by atoms with Gasteiger partial charge in [-0.2, -0.15) is 0 Å². The van der Waals surface area contributed by atoms with E-state index in [0.717, 1.165) is 16.1 Å². The predicted molar refractivity (Wildman–Crippen MR) is 78.0 cm³/mol. The van der Waals surface area contributed by atoms with Crippen LogP contribution in [0, 0.1) is 6.92 Å². The lowest BCUT2D eigenvalue weighted by Crippen LogP contribution is -2.25. The lowest BCUT2D eigenvalue weighted by Gasteiger charge is -2.03. The molecule has 0 bridgehead atoms. The molecule has 0 spiro atoms. The van der Waals surface area contributed by atoms with Crippen LogP contribution in [0.1, 0.15) is 16.1 Å². The van der Waals surface area contributed by atoms with Crippen molar-refractivity contribution in [2.75, 3.05) is 6.54 Å². The fraction of sp³-hybridized carbons (Fsp3) is 0.364. The maximum Gasteiger partial charge on any atom is 0.250 e. The van der Waals surface area contributed by atoms with Gasteiger partial charge in [-0.3, -0.25) is 0 Å². The molecule has 2 heterocycles. The molecule has 2 aromatic rings. The maximum absolute atomic E-state index is 12.1. The minimum atomic E-state index is -3.44. The monoisotopic (exact) mass is 317 g/mol. The van der Waals surface area contributed by atoms with Crippen molar-refractivity contribution in [3.05, 3.63) is 33.1 Å². The Bertz CT molecular complexity index is 632. The largest absolute Gasteiger partial charge is 0.326 e. The summed E-state index contributed by atoms with van der Waals surface area (Å²) in [5.74, 6) is 0. The summed E-state index contributed by atoms with van der Waals surface area (Å²) in [6, 6.07) is 1.66. The van der Waals surface area contributed by atoms with Gasteiger partial charge in [0.25, 0.3) is 0 Å². The number of sulfonamides is 1. The fourth-order valence-electron chi connectivity index (χ4n) is 1.57. The highest BCUT2D eigenvalue weighted by Crippen LogP contribution is 2.25. The molecule has 0 aliphatic rings. The zero-order valence-corrected chi connectivity index (χ0v) is 12.9. The molecule has 19 heavy (non-hydrogen) atoms. The number of aryl methyl sites for hydroxylation is 1. The second-order valence-electron chi connectivity index (χ2n) is 4.00. The second-order valence-corrected chi connectivity index (χ2v) is 7.85. The number of aromatic nitrogens is 1. The van der Waals surface area contributed by atoms with Crippen LogP contribution in [0.3, 0.4) is 0 Å². The summed E-state index contributed by atoms with van der Waals surface area (Å²) in [4.78, 5) is 5.01. The molecular weight excluding hydrogens is 302 g/mol. The maximum atomic E-state index is 12.1. The van der Waals surface area contributed by atoms with E-state index in [1.54, 1.807) is 11.6 Å². The standard InChI is InChI=1S/C11H15N3O2S3/c1-8-4-11(18-10(8)5-12)19(15,16)14-3-2-9-6-17-7-13-9/h4,6-7,14H,2-3,5,12H2,1H3. The van der Waals surface area contributed by atoms with Gasteiger partial charge in [-0.15, -0.1) is 22.7 Å². The van der Waals surface area contributed by atoms with Gasteiger partial charge < -0.3 is 5.73 Å². The molecule has 0 radical (unpaired) electrons. The highest BCUT2D eigenvalue weighted by atomic mass is 32.2. The molecule has 0 atom stereocenters. The highest BCUT2D eigenvalue weighted by molar-refractivity contribution is 7.91. The molecule has 5 nitrogen and oxygen atoms in total. The van der Waals surface area contributed by atoms with Crippen LogP contribution in [0.4, 0.5) is 0 Å². The molecule has 104 valence electrons. The van der Waals surface area contributed by atoms with Crippen molar-refractivity contribution in [1.82, 2.24) is 9.71 Å². The first kappa shape index (κ1) is 14.6. The van der Waals surface area contributed by atoms with Gasteiger partial charge in [0, 0.05) is 29.8 Å². The Labute approximate surface area is 120 Å². The van der Waals surface area contributed by atoms with Gasteiger partial charge in [-0.05, 0) is 18.6 Å². The second kappa shape index (κ2) is 6.10. The number of nitrogens with two attached hydrogens (primary N) is 1. The zero-order valence-electron chi connectivity index (χ0n) is 10.4. The topological polar surface area (TPSA) is 85.1 Å². The smallest absolute Gasteiger partial charge is 0.250 e. The Morgan fingerprint density at radius 2 is 2.26 bits per heavy atom. The third-order valence-corrected chi connectivity index (χ3v) is 6.43. The molecule has 0 aliphatic heterocycles. The number of nitrogens with zero attached hydrogens (tertiary/aromatic N) is 1. The number of rotatable bonds is 6. The molecule has 0 saturated carbocycles. The average molecular weight is 317 g/mol. The van der Waals surface area contributed by atoms with Crippen molar-refractivity contribution in [3.63, 3.8) is 0 Å². The molecule has 8 heteroatoms. The summed E-state index contributed by atoms with van der Waals surface area (Å²) < 4.78 is 27.1. The molecule has 0 fully saturated rings. The van der Waals surface area contributed by atoms with E-state index in [-0.39, 0.29) is 0 Å². The minimum Gasteiger partial charge on any atom is -0.326 e. The van der Waals surface area contributed by atoms with E-state index in [9.17, 15) is 8.42 Å². The van der Waals surface area contributed by atoms with Gasteiger partial charge in [-0.25, -0.2) is 18.1 Å². The number of hydrogen-bond acceptors (Lipinski definition) is 6. The summed E-state index contributed by atoms with van der Waals surface area (Å²) in [6.07, 6.45) is 0.594. The summed E-state index contributed by atoms with van der Waals surface area (Å²) in [6.45, 7) is 2.58. The van der Waals surface area contributed by atoms with E-state index < -0.39 is 10.0 Å². The third kappa shape index (κ3) is 3.61. The normalized spacial score (nSPS) is 11.9. The van der Waals surface area contributed by atoms with E-state index in [1.807, 2.05) is 12.3 Å². The van der Waals surface area contributed by atoms with Crippen molar-refractivity contribution in [1.29, 1.82) is 0 Å². The van der Waals surface area contributed by atoms with Crippen molar-refractivity contribution >= 4 is 32.7 Å². The molecule has 0 aliphatic carbocycles. The average Bonchev–Trinajstić information content (AvgIpc) is 2.98. The molecule has 3 N–H and O–H groups in total. The molecule has 2 rings (SSSR count). The van der Waals surface area contributed by atoms with Crippen LogP contribution < -0.4 is 10.5 Å². The Morgan fingerprint density at radius 3 is 2.84 bits per heavy atom. The van der Waals surface area contributed by atoms with Crippen LogP contribution in [0.5, 0.6) is 0 Å². The number of thiazole rings is 1. The van der Waals surface area contributed by atoms with Gasteiger partial charge in [0.15, 0.2) is 0 Å². The quantitative estimate of drug-likeness (QED) is 0.845. The Hall–Kier alpha value is -0.800. The molecule has 0 amide bonds. The van der Waals surface area contributed by atoms with Crippen LogP contribution in [0.25, 0.3) is 0 Å². The number of thiophene rings is 1. The van der Waals surface area contributed by atoms with E-state index in [0.29, 0.717) is 23.7 Å². The highest BCUT2D eigenvalue weighted by Gasteiger charge is 2.18. The van der Waals surface area contributed by atoms with Crippen molar-refractivity contribution < 1.29 is 8.42 Å². The summed E-state index contributed by atoms with van der Waals surface area (Å²) >= 11 is 2.73. The fourth-order valence-corrected chi connectivity index (χ4v) is 4.71. The van der Waals surface area contributed by atoms with Gasteiger partial charge in [-0.1, -0.05) is 0 Å². The van der Waals surface area contributed by atoms with Crippen LogP contribution in [0.2, 0.25) is 0 Å². The molecular formula is C11H15N3O2S3. The lowest BCUT2D eigenvalue weighted by atomic mass is 10.3. The van der Waals surface area contributed by atoms with Crippen LogP contribution in [-0.4, -0.2) is 19.9 Å². The minimum absolute atomic E-state index is 0.323. The lowest BCUT2D eigenvalue weighted by molar-refractivity contribution is 0.583. The molecule has 0 saturated heterocycles. The summed E-state index contributed by atoms with van der Waals surface area (Å²) in [5, 5.41) is 1.91. The van der Waals surface area contributed by atoms with Crippen molar-refractivity contribution in [2.24, 2.45) is 5.73 Å². The van der Waals surface area contributed by atoms with Gasteiger partial charge in [0.05, 0.1) is 11.2 Å². The molecule has 2 aromatic heterocycles. The van der Waals surface area contributed by atoms with Crippen LogP contribution in [0.15, 0.2) is 21.2 Å². The Balaban J connectivity index is 2.01. The summed E-state index contributed by atoms with van der Waals surface area (Å²) in [5.41, 5.74) is 9.12. The zero-order chi connectivity index (χ0) is 13.9. The van der Waals surface area contributed by atoms with E-state index in [4.69, 9.17) is 5.73 Å². The summed E-state index contributed by atoms with van der Waals surface area (Å²) in [7, 11) is -3.44. The number of nitrogens with one attached hydrogen (secondary N) is 1. The first-order valence-electron chi connectivity index (χ1n) is 5.69. The molecule has 0 unspecified atom stereocenters. The Morgan fingerprint density at radius 1 is 1.47 bits per heavy atom. The Kier molecular flexibility index (Phi) is 4.69. The SMILES string of the molecule is Cc1cc(S(=O)(=O)NCCc2cscn2)sc1CN. The van der Waals surface area contributed by atoms with E-state index in [1.165, 1.54) is 22.7 Å². The first-order valence-corrected chi connectivity index (χ1v) is 8.93. The first-order chi connectivity index (χ1) is 9.03. The van der Waals surface area contributed by atoms with Crippen LogP contribution >= 0.6 is 22.7 Å². The van der Waals surface area contributed by atoms with E-state index >= 15 is 0 Å². The van der Waals surface area contributed by atoms with Gasteiger partial charge in [0.1, 0.15) is 4.21 Å². The van der Waals surface area contributed by atoms with Crippen LogP contribution in [-0.2, 0) is 23.0 Å². The van der Waals surface area contributed by atoms with Gasteiger partial charge >= 0.3 is 0 Å². The van der Waals surface area contributed by atoms with Crippen molar-refractivity contribution in [3.8, 4) is 0 Å². The van der Waals surface area contributed by atoms with E-state index in [2.05, 4.69) is 9.71 Å². The number of hydrogen-bond donors (Lipinski definition) is 2. The van der Waals surface area contributed by atoms with Gasteiger partial charge in [0.2, 0.25) is 10.0 Å². The third-order valence-electron chi connectivity index (χ3n) is 2.60. The van der Waals surface area contributed by atoms with Crippen molar-refractivity contribution in [2.45, 2.75) is 24.1 Å². The molecule has 0 aromatic carbocycles. The predicted octanol–water partition coefficient (Wildman–Crippen LogP) is 1.49.